The van der Waals surface area contributed by atoms with Crippen LogP contribution in [0.15, 0.2) is 29.4 Å². The lowest BCUT2D eigenvalue weighted by Crippen LogP contribution is -2.26. The standard InChI is InChI=1S/C14H13N5O/c15-8-13(9-16)19-18-12-3-1-10(2-4-12)7-14(20)17-11-5-6-11/h1-4,11,18H,5-7H2,(H,17,20). The van der Waals surface area contributed by atoms with Crippen molar-refractivity contribution in [2.24, 2.45) is 5.10 Å². The lowest BCUT2D eigenvalue weighted by atomic mass is 10.1. The SMILES string of the molecule is N#CC(C#N)=NNc1ccc(CC(=O)NC2CC2)cc1. The molecule has 100 valence electrons. The van der Waals surface area contributed by atoms with Gasteiger partial charge in [0.2, 0.25) is 11.6 Å². The van der Waals surface area contributed by atoms with Crippen LogP contribution in [0.1, 0.15) is 18.4 Å². The van der Waals surface area contributed by atoms with E-state index in [4.69, 9.17) is 10.5 Å². The average molecular weight is 267 g/mol. The van der Waals surface area contributed by atoms with Gasteiger partial charge in [0.1, 0.15) is 12.1 Å². The minimum Gasteiger partial charge on any atom is -0.353 e. The van der Waals surface area contributed by atoms with Gasteiger partial charge in [-0.05, 0) is 30.5 Å². The Morgan fingerprint density at radius 3 is 2.45 bits per heavy atom. The molecule has 2 N–H and O–H groups in total. The third-order valence-corrected chi connectivity index (χ3v) is 2.77. The molecule has 0 spiro atoms. The smallest absolute Gasteiger partial charge is 0.237 e. The molecule has 0 bridgehead atoms. The fraction of sp³-hybridized carbons (Fsp3) is 0.286. The number of carbonyl (C=O) groups is 1. The number of rotatable bonds is 5. The Kier molecular flexibility index (Phi) is 4.31. The van der Waals surface area contributed by atoms with E-state index in [-0.39, 0.29) is 11.6 Å². The van der Waals surface area contributed by atoms with E-state index in [0.29, 0.717) is 18.2 Å². The molecule has 1 amide bonds. The third kappa shape index (κ3) is 4.11. The average Bonchev–Trinajstić information content (AvgIpc) is 3.25. The van der Waals surface area contributed by atoms with Crippen molar-refractivity contribution < 1.29 is 4.79 Å². The molecule has 0 heterocycles. The van der Waals surface area contributed by atoms with Gasteiger partial charge in [0.05, 0.1) is 12.1 Å². The number of hydrogen-bond donors (Lipinski definition) is 2. The van der Waals surface area contributed by atoms with Crippen LogP contribution in [-0.4, -0.2) is 17.7 Å². The zero-order valence-electron chi connectivity index (χ0n) is 10.8. The first-order valence-corrected chi connectivity index (χ1v) is 6.23. The van der Waals surface area contributed by atoms with E-state index in [1.54, 1.807) is 24.3 Å². The van der Waals surface area contributed by atoms with E-state index in [1.165, 1.54) is 0 Å². The first-order valence-electron chi connectivity index (χ1n) is 6.23. The molecular weight excluding hydrogens is 254 g/mol. The summed E-state index contributed by atoms with van der Waals surface area (Å²) in [6.45, 7) is 0. The van der Waals surface area contributed by atoms with Crippen molar-refractivity contribution in [3.63, 3.8) is 0 Å². The normalized spacial score (nSPS) is 12.7. The highest BCUT2D eigenvalue weighted by Gasteiger charge is 2.22. The van der Waals surface area contributed by atoms with E-state index in [1.807, 2.05) is 12.1 Å². The van der Waals surface area contributed by atoms with Crippen LogP contribution in [-0.2, 0) is 11.2 Å². The molecule has 0 aromatic heterocycles. The summed E-state index contributed by atoms with van der Waals surface area (Å²) in [4.78, 5) is 11.6. The van der Waals surface area contributed by atoms with Crippen molar-refractivity contribution in [1.29, 1.82) is 10.5 Å². The van der Waals surface area contributed by atoms with Crippen molar-refractivity contribution in [2.75, 3.05) is 5.43 Å². The fourth-order valence-electron chi connectivity index (χ4n) is 1.58. The highest BCUT2D eigenvalue weighted by Crippen LogP contribution is 2.19. The van der Waals surface area contributed by atoms with Gasteiger partial charge in [-0.15, -0.1) is 0 Å². The van der Waals surface area contributed by atoms with Crippen LogP contribution < -0.4 is 10.7 Å². The number of benzene rings is 1. The second kappa shape index (κ2) is 6.35. The van der Waals surface area contributed by atoms with Gasteiger partial charge in [-0.1, -0.05) is 12.1 Å². The van der Waals surface area contributed by atoms with Gasteiger partial charge in [0, 0.05) is 6.04 Å². The molecule has 0 unspecified atom stereocenters. The molecule has 0 aliphatic heterocycles. The van der Waals surface area contributed by atoms with Crippen LogP contribution in [0.5, 0.6) is 0 Å². The van der Waals surface area contributed by atoms with Gasteiger partial charge in [0.15, 0.2) is 0 Å². The van der Waals surface area contributed by atoms with E-state index >= 15 is 0 Å². The van der Waals surface area contributed by atoms with Gasteiger partial charge in [-0.25, -0.2) is 0 Å². The maximum Gasteiger partial charge on any atom is 0.237 e. The Hall–Kier alpha value is -2.86. The minimum atomic E-state index is -0.238. The number of nitrogens with one attached hydrogen (secondary N) is 2. The molecule has 1 aliphatic rings. The monoisotopic (exact) mass is 267 g/mol. The van der Waals surface area contributed by atoms with E-state index in [0.717, 1.165) is 18.4 Å². The summed E-state index contributed by atoms with van der Waals surface area (Å²) in [6.07, 6.45) is 2.50. The van der Waals surface area contributed by atoms with Crippen LogP contribution in [0.3, 0.4) is 0 Å². The summed E-state index contributed by atoms with van der Waals surface area (Å²) in [7, 11) is 0. The van der Waals surface area contributed by atoms with Gasteiger partial charge in [0.25, 0.3) is 0 Å². The zero-order chi connectivity index (χ0) is 14.4. The van der Waals surface area contributed by atoms with Crippen LogP contribution in [0.2, 0.25) is 0 Å². The van der Waals surface area contributed by atoms with Crippen molar-refractivity contribution in [3.05, 3.63) is 29.8 Å². The number of nitriles is 2. The topological polar surface area (TPSA) is 101 Å². The summed E-state index contributed by atoms with van der Waals surface area (Å²) < 4.78 is 0. The molecule has 1 aliphatic carbocycles. The molecule has 0 atom stereocenters. The Morgan fingerprint density at radius 2 is 1.90 bits per heavy atom. The zero-order valence-corrected chi connectivity index (χ0v) is 10.8. The van der Waals surface area contributed by atoms with E-state index in [2.05, 4.69) is 15.8 Å². The van der Waals surface area contributed by atoms with Gasteiger partial charge in [-0.3, -0.25) is 10.2 Å². The Labute approximate surface area is 116 Å². The minimum absolute atomic E-state index is 0.0301. The molecular formula is C14H13N5O. The Morgan fingerprint density at radius 1 is 1.25 bits per heavy atom. The number of anilines is 1. The van der Waals surface area contributed by atoms with Gasteiger partial charge < -0.3 is 5.32 Å². The number of nitrogens with zero attached hydrogens (tertiary/aromatic N) is 3. The highest BCUT2D eigenvalue weighted by molar-refractivity contribution is 6.10. The van der Waals surface area contributed by atoms with Crippen LogP contribution in [0.4, 0.5) is 5.69 Å². The number of hydrazone groups is 1. The molecule has 1 saturated carbocycles. The van der Waals surface area contributed by atoms with E-state index < -0.39 is 0 Å². The van der Waals surface area contributed by atoms with Crippen molar-refractivity contribution >= 4 is 17.3 Å². The predicted octanol–water partition coefficient (Wildman–Crippen LogP) is 1.32. The fourth-order valence-corrected chi connectivity index (χ4v) is 1.58. The Bertz CT molecular complexity index is 586. The number of hydrogen-bond acceptors (Lipinski definition) is 5. The van der Waals surface area contributed by atoms with Crippen molar-refractivity contribution in [2.45, 2.75) is 25.3 Å². The lowest BCUT2D eigenvalue weighted by Gasteiger charge is -2.04. The maximum atomic E-state index is 11.6. The summed E-state index contributed by atoms with van der Waals surface area (Å²) in [6, 6.07) is 10.8. The molecule has 20 heavy (non-hydrogen) atoms. The second-order valence-electron chi connectivity index (χ2n) is 4.51. The lowest BCUT2D eigenvalue weighted by molar-refractivity contribution is -0.120. The largest absolute Gasteiger partial charge is 0.353 e. The summed E-state index contributed by atoms with van der Waals surface area (Å²) in [5, 5.41) is 23.6. The third-order valence-electron chi connectivity index (χ3n) is 2.77. The molecule has 1 aromatic carbocycles. The van der Waals surface area contributed by atoms with Gasteiger partial charge >= 0.3 is 0 Å². The van der Waals surface area contributed by atoms with Crippen molar-refractivity contribution in [1.82, 2.24) is 5.32 Å². The van der Waals surface area contributed by atoms with Crippen LogP contribution >= 0.6 is 0 Å². The summed E-state index contributed by atoms with van der Waals surface area (Å²) in [5.41, 5.74) is 3.93. The number of carbonyl (C=O) groups excluding carboxylic acids is 1. The quantitative estimate of drug-likeness (QED) is 0.620. The molecule has 2 rings (SSSR count). The molecule has 0 saturated heterocycles. The molecule has 6 heteroatoms. The maximum absolute atomic E-state index is 11.6. The summed E-state index contributed by atoms with van der Waals surface area (Å²) in [5.74, 6) is 0.0301. The molecule has 1 fully saturated rings. The number of amides is 1. The second-order valence-corrected chi connectivity index (χ2v) is 4.51. The van der Waals surface area contributed by atoms with Gasteiger partial charge in [-0.2, -0.15) is 15.6 Å². The molecule has 6 nitrogen and oxygen atoms in total. The van der Waals surface area contributed by atoms with E-state index in [9.17, 15) is 4.79 Å². The predicted molar refractivity (Wildman–Crippen MR) is 73.6 cm³/mol. The first-order chi connectivity index (χ1) is 9.71. The molecule has 1 aromatic rings. The van der Waals surface area contributed by atoms with Crippen LogP contribution in [0.25, 0.3) is 0 Å². The summed E-state index contributed by atoms with van der Waals surface area (Å²) >= 11 is 0. The van der Waals surface area contributed by atoms with Crippen LogP contribution in [0, 0.1) is 22.7 Å². The molecule has 0 radical (unpaired) electrons. The first kappa shape index (κ1) is 13.6. The highest BCUT2D eigenvalue weighted by atomic mass is 16.1. The van der Waals surface area contributed by atoms with Crippen molar-refractivity contribution in [3.8, 4) is 12.1 Å². The Balaban J connectivity index is 1.89.